The molecule has 0 aliphatic rings. The van der Waals surface area contributed by atoms with Crippen LogP contribution < -0.4 is 5.32 Å². The van der Waals surface area contributed by atoms with Crippen LogP contribution in [0.25, 0.3) is 0 Å². The van der Waals surface area contributed by atoms with E-state index in [1.54, 1.807) is 0 Å². The molecule has 0 aliphatic carbocycles. The monoisotopic (exact) mass is 283 g/mol. The van der Waals surface area contributed by atoms with Crippen LogP contribution in [0.4, 0.5) is 8.78 Å². The molecule has 0 fully saturated rings. The van der Waals surface area contributed by atoms with E-state index in [0.717, 1.165) is 19.5 Å². The van der Waals surface area contributed by atoms with Crippen LogP contribution in [-0.4, -0.2) is 13.1 Å². The van der Waals surface area contributed by atoms with Gasteiger partial charge in [-0.25, -0.2) is 8.78 Å². The average Bonchev–Trinajstić information content (AvgIpc) is 2.32. The van der Waals surface area contributed by atoms with Gasteiger partial charge in [0.1, 0.15) is 11.6 Å². The first-order valence-electron chi connectivity index (χ1n) is 7.53. The van der Waals surface area contributed by atoms with Gasteiger partial charge in [0.15, 0.2) is 0 Å². The summed E-state index contributed by atoms with van der Waals surface area (Å²) in [5.74, 6) is 0.826. The van der Waals surface area contributed by atoms with Gasteiger partial charge in [-0.05, 0) is 67.4 Å². The van der Waals surface area contributed by atoms with E-state index < -0.39 is 0 Å². The molecular formula is C17H27F2N. The summed E-state index contributed by atoms with van der Waals surface area (Å²) >= 11 is 0. The summed E-state index contributed by atoms with van der Waals surface area (Å²) in [6, 6.07) is 3.72. The first-order valence-corrected chi connectivity index (χ1v) is 7.53. The standard InChI is InChI=1S/C17H27F2N/c1-12(2)7-14(11-20-10-13(3)4)8-15-9-16(18)5-6-17(15)19/h5-6,9,12-14,20H,7-8,10-11H2,1-4H3. The van der Waals surface area contributed by atoms with Gasteiger partial charge >= 0.3 is 0 Å². The quantitative estimate of drug-likeness (QED) is 0.745. The Morgan fingerprint density at radius 3 is 2.30 bits per heavy atom. The van der Waals surface area contributed by atoms with Crippen molar-refractivity contribution in [1.29, 1.82) is 0 Å². The van der Waals surface area contributed by atoms with Crippen LogP contribution >= 0.6 is 0 Å². The van der Waals surface area contributed by atoms with Crippen molar-refractivity contribution in [2.75, 3.05) is 13.1 Å². The molecule has 0 radical (unpaired) electrons. The Labute approximate surface area is 121 Å². The zero-order chi connectivity index (χ0) is 15.1. The van der Waals surface area contributed by atoms with Crippen molar-refractivity contribution in [3.05, 3.63) is 35.4 Å². The Bertz CT molecular complexity index is 402. The number of hydrogen-bond acceptors (Lipinski definition) is 1. The van der Waals surface area contributed by atoms with Crippen LogP contribution in [0.5, 0.6) is 0 Å². The minimum Gasteiger partial charge on any atom is -0.316 e. The molecule has 20 heavy (non-hydrogen) atoms. The van der Waals surface area contributed by atoms with Crippen molar-refractivity contribution >= 4 is 0 Å². The number of benzene rings is 1. The number of rotatable bonds is 8. The first-order chi connectivity index (χ1) is 9.38. The van der Waals surface area contributed by atoms with Crippen molar-refractivity contribution in [2.24, 2.45) is 17.8 Å². The maximum atomic E-state index is 13.7. The Hall–Kier alpha value is -0.960. The average molecular weight is 283 g/mol. The molecule has 3 heteroatoms. The highest BCUT2D eigenvalue weighted by Crippen LogP contribution is 2.19. The second-order valence-electron chi connectivity index (χ2n) is 6.49. The minimum absolute atomic E-state index is 0.302. The minimum atomic E-state index is -0.361. The molecule has 0 bridgehead atoms. The second kappa shape index (κ2) is 8.35. The third kappa shape index (κ3) is 6.47. The fourth-order valence-corrected chi connectivity index (χ4v) is 2.49. The maximum Gasteiger partial charge on any atom is 0.126 e. The van der Waals surface area contributed by atoms with Crippen LogP contribution in [0.1, 0.15) is 39.7 Å². The number of halogens is 2. The molecule has 1 unspecified atom stereocenters. The molecule has 1 aromatic carbocycles. The van der Waals surface area contributed by atoms with Gasteiger partial charge in [0.05, 0.1) is 0 Å². The third-order valence-corrected chi connectivity index (χ3v) is 3.31. The van der Waals surface area contributed by atoms with E-state index in [1.165, 1.54) is 18.2 Å². The highest BCUT2D eigenvalue weighted by Gasteiger charge is 2.15. The lowest BCUT2D eigenvalue weighted by molar-refractivity contribution is 0.372. The zero-order valence-electron chi connectivity index (χ0n) is 13.0. The maximum absolute atomic E-state index is 13.7. The molecule has 1 atom stereocenters. The summed E-state index contributed by atoms with van der Waals surface area (Å²) in [6.45, 7) is 10.5. The van der Waals surface area contributed by atoms with Gasteiger partial charge in [-0.2, -0.15) is 0 Å². The van der Waals surface area contributed by atoms with Gasteiger partial charge in [0.2, 0.25) is 0 Å². The summed E-state index contributed by atoms with van der Waals surface area (Å²) in [4.78, 5) is 0. The smallest absolute Gasteiger partial charge is 0.126 e. The molecule has 1 nitrogen and oxygen atoms in total. The molecule has 0 amide bonds. The predicted molar refractivity (Wildman–Crippen MR) is 80.7 cm³/mol. The molecule has 1 rings (SSSR count). The van der Waals surface area contributed by atoms with Crippen LogP contribution in [0.15, 0.2) is 18.2 Å². The van der Waals surface area contributed by atoms with Crippen LogP contribution in [0.3, 0.4) is 0 Å². The van der Waals surface area contributed by atoms with E-state index in [1.807, 2.05) is 0 Å². The van der Waals surface area contributed by atoms with Crippen LogP contribution in [0, 0.1) is 29.4 Å². The lowest BCUT2D eigenvalue weighted by atomic mass is 9.90. The van der Waals surface area contributed by atoms with Gasteiger partial charge in [0, 0.05) is 0 Å². The third-order valence-electron chi connectivity index (χ3n) is 3.31. The van der Waals surface area contributed by atoms with Crippen molar-refractivity contribution in [3.63, 3.8) is 0 Å². The summed E-state index contributed by atoms with van der Waals surface area (Å²) in [5.41, 5.74) is 0.488. The Morgan fingerprint density at radius 2 is 1.70 bits per heavy atom. The molecule has 0 saturated carbocycles. The number of hydrogen-bond donors (Lipinski definition) is 1. The summed E-state index contributed by atoms with van der Waals surface area (Å²) in [5, 5.41) is 3.43. The molecule has 0 aliphatic heterocycles. The lowest BCUT2D eigenvalue weighted by Gasteiger charge is -2.21. The summed E-state index contributed by atoms with van der Waals surface area (Å²) in [6.07, 6.45) is 1.61. The molecule has 1 N–H and O–H groups in total. The van der Waals surface area contributed by atoms with E-state index in [0.29, 0.717) is 29.7 Å². The molecule has 114 valence electrons. The van der Waals surface area contributed by atoms with Crippen molar-refractivity contribution in [3.8, 4) is 0 Å². The SMILES string of the molecule is CC(C)CNCC(Cc1cc(F)ccc1F)CC(C)C. The molecule has 0 saturated heterocycles. The summed E-state index contributed by atoms with van der Waals surface area (Å²) in [7, 11) is 0. The molecule has 1 aromatic rings. The molecule has 0 aromatic heterocycles. The Kier molecular flexibility index (Phi) is 7.14. The Balaban J connectivity index is 2.65. The van der Waals surface area contributed by atoms with Crippen LogP contribution in [-0.2, 0) is 6.42 Å². The van der Waals surface area contributed by atoms with E-state index >= 15 is 0 Å². The predicted octanol–water partition coefficient (Wildman–Crippen LogP) is 4.42. The topological polar surface area (TPSA) is 12.0 Å². The largest absolute Gasteiger partial charge is 0.316 e. The van der Waals surface area contributed by atoms with Gasteiger partial charge in [-0.1, -0.05) is 27.7 Å². The van der Waals surface area contributed by atoms with E-state index in [-0.39, 0.29) is 11.6 Å². The normalized spacial score (nSPS) is 13.2. The number of nitrogens with one attached hydrogen (secondary N) is 1. The zero-order valence-corrected chi connectivity index (χ0v) is 13.0. The van der Waals surface area contributed by atoms with E-state index in [9.17, 15) is 8.78 Å². The van der Waals surface area contributed by atoms with Crippen molar-refractivity contribution < 1.29 is 8.78 Å². The van der Waals surface area contributed by atoms with E-state index in [4.69, 9.17) is 0 Å². The Morgan fingerprint density at radius 1 is 1.00 bits per heavy atom. The van der Waals surface area contributed by atoms with Crippen molar-refractivity contribution in [1.82, 2.24) is 5.32 Å². The first kappa shape index (κ1) is 17.1. The fourth-order valence-electron chi connectivity index (χ4n) is 2.49. The summed E-state index contributed by atoms with van der Waals surface area (Å²) < 4.78 is 27.0. The van der Waals surface area contributed by atoms with Gasteiger partial charge in [-0.15, -0.1) is 0 Å². The van der Waals surface area contributed by atoms with Gasteiger partial charge in [0.25, 0.3) is 0 Å². The highest BCUT2D eigenvalue weighted by atomic mass is 19.1. The van der Waals surface area contributed by atoms with Crippen LogP contribution in [0.2, 0.25) is 0 Å². The lowest BCUT2D eigenvalue weighted by Crippen LogP contribution is -2.28. The fraction of sp³-hybridized carbons (Fsp3) is 0.647. The molecule has 0 heterocycles. The van der Waals surface area contributed by atoms with Gasteiger partial charge < -0.3 is 5.32 Å². The highest BCUT2D eigenvalue weighted by molar-refractivity contribution is 5.19. The van der Waals surface area contributed by atoms with Gasteiger partial charge in [-0.3, -0.25) is 0 Å². The molecular weight excluding hydrogens is 256 g/mol. The van der Waals surface area contributed by atoms with Crippen molar-refractivity contribution in [2.45, 2.75) is 40.5 Å². The van der Waals surface area contributed by atoms with E-state index in [2.05, 4.69) is 33.0 Å². The second-order valence-corrected chi connectivity index (χ2v) is 6.49. The molecule has 0 spiro atoms.